The monoisotopic (exact) mass is 193 g/mol. The molecule has 1 N–H and O–H groups in total. The molecule has 1 unspecified atom stereocenters. The smallest absolute Gasteiger partial charge is 0.105 e. The van der Waals surface area contributed by atoms with E-state index in [0.717, 1.165) is 18.1 Å². The van der Waals surface area contributed by atoms with Crippen LogP contribution in [0, 0.1) is 5.92 Å². The molecular weight excluding hydrogens is 174 g/mol. The second-order valence-electron chi connectivity index (χ2n) is 4.30. The molecule has 1 aromatic rings. The molecule has 0 radical (unpaired) electrons. The fourth-order valence-electron chi connectivity index (χ4n) is 2.11. The van der Waals surface area contributed by atoms with Gasteiger partial charge in [-0.1, -0.05) is 19.3 Å². The first-order chi connectivity index (χ1) is 6.88. The number of furan rings is 1. The Morgan fingerprint density at radius 1 is 1.57 bits per heavy atom. The van der Waals surface area contributed by atoms with E-state index in [0.29, 0.717) is 6.04 Å². The summed E-state index contributed by atoms with van der Waals surface area (Å²) in [5.41, 5.74) is 0. The molecule has 1 atom stereocenters. The van der Waals surface area contributed by atoms with Gasteiger partial charge in [0.2, 0.25) is 0 Å². The Bertz CT molecular complexity index is 251. The van der Waals surface area contributed by atoms with Crippen molar-refractivity contribution in [2.45, 2.75) is 38.1 Å². The van der Waals surface area contributed by atoms with Crippen LogP contribution in [0.25, 0.3) is 0 Å². The second kappa shape index (κ2) is 4.65. The van der Waals surface area contributed by atoms with Crippen LogP contribution in [0.4, 0.5) is 0 Å². The van der Waals surface area contributed by atoms with E-state index in [2.05, 4.69) is 11.4 Å². The molecule has 0 bridgehead atoms. The summed E-state index contributed by atoms with van der Waals surface area (Å²) >= 11 is 0. The van der Waals surface area contributed by atoms with Crippen LogP contribution in [0.2, 0.25) is 0 Å². The van der Waals surface area contributed by atoms with Gasteiger partial charge in [0.05, 0.1) is 6.26 Å². The highest BCUT2D eigenvalue weighted by Gasteiger charge is 2.21. The summed E-state index contributed by atoms with van der Waals surface area (Å²) < 4.78 is 5.36. The summed E-state index contributed by atoms with van der Waals surface area (Å²) in [5.74, 6) is 2.06. The highest BCUT2D eigenvalue weighted by atomic mass is 16.3. The Balaban J connectivity index is 1.80. The van der Waals surface area contributed by atoms with E-state index in [9.17, 15) is 0 Å². The van der Waals surface area contributed by atoms with Crippen molar-refractivity contribution in [2.75, 3.05) is 7.05 Å². The van der Waals surface area contributed by atoms with Crippen molar-refractivity contribution < 1.29 is 4.42 Å². The predicted molar refractivity (Wildman–Crippen MR) is 57.2 cm³/mol. The van der Waals surface area contributed by atoms with Gasteiger partial charge < -0.3 is 9.73 Å². The van der Waals surface area contributed by atoms with Crippen molar-refractivity contribution in [3.05, 3.63) is 24.2 Å². The second-order valence-corrected chi connectivity index (χ2v) is 4.30. The maximum atomic E-state index is 5.36. The fraction of sp³-hybridized carbons (Fsp3) is 0.667. The lowest BCUT2D eigenvalue weighted by Crippen LogP contribution is -2.31. The quantitative estimate of drug-likeness (QED) is 0.777. The minimum atomic E-state index is 0.589. The Kier molecular flexibility index (Phi) is 3.25. The standard InChI is InChI=1S/C12H19NO/c1-13-11(8-10-4-2-5-10)9-12-6-3-7-14-12/h3,6-7,10-11,13H,2,4-5,8-9H2,1H3. The molecule has 1 saturated carbocycles. The van der Waals surface area contributed by atoms with E-state index in [-0.39, 0.29) is 0 Å². The van der Waals surface area contributed by atoms with Crippen molar-refractivity contribution in [2.24, 2.45) is 5.92 Å². The molecule has 0 saturated heterocycles. The third-order valence-electron chi connectivity index (χ3n) is 3.28. The van der Waals surface area contributed by atoms with Crippen molar-refractivity contribution in [1.29, 1.82) is 0 Å². The van der Waals surface area contributed by atoms with Gasteiger partial charge in [-0.3, -0.25) is 0 Å². The lowest BCUT2D eigenvalue weighted by atomic mass is 9.80. The van der Waals surface area contributed by atoms with Crippen LogP contribution >= 0.6 is 0 Å². The first-order valence-electron chi connectivity index (χ1n) is 5.58. The first-order valence-corrected chi connectivity index (χ1v) is 5.58. The topological polar surface area (TPSA) is 25.2 Å². The summed E-state index contributed by atoms with van der Waals surface area (Å²) in [7, 11) is 2.05. The number of hydrogen-bond acceptors (Lipinski definition) is 2. The van der Waals surface area contributed by atoms with Crippen LogP contribution in [0.15, 0.2) is 22.8 Å². The van der Waals surface area contributed by atoms with Gasteiger partial charge in [0.1, 0.15) is 5.76 Å². The van der Waals surface area contributed by atoms with E-state index < -0.39 is 0 Å². The van der Waals surface area contributed by atoms with Gasteiger partial charge in [-0.2, -0.15) is 0 Å². The summed E-state index contributed by atoms with van der Waals surface area (Å²) in [6, 6.07) is 4.61. The van der Waals surface area contributed by atoms with Crippen LogP contribution in [0.1, 0.15) is 31.4 Å². The zero-order valence-corrected chi connectivity index (χ0v) is 8.83. The molecule has 2 rings (SSSR count). The third kappa shape index (κ3) is 2.38. The number of rotatable bonds is 5. The van der Waals surface area contributed by atoms with Gasteiger partial charge in [0, 0.05) is 12.5 Å². The molecule has 2 nitrogen and oxygen atoms in total. The van der Waals surface area contributed by atoms with Crippen molar-refractivity contribution >= 4 is 0 Å². The Hall–Kier alpha value is -0.760. The molecule has 14 heavy (non-hydrogen) atoms. The molecule has 1 heterocycles. The Morgan fingerprint density at radius 3 is 2.93 bits per heavy atom. The van der Waals surface area contributed by atoms with E-state index in [4.69, 9.17) is 4.42 Å². The van der Waals surface area contributed by atoms with Crippen molar-refractivity contribution in [3.8, 4) is 0 Å². The molecular formula is C12H19NO. The van der Waals surface area contributed by atoms with Crippen LogP contribution in [-0.2, 0) is 6.42 Å². The number of hydrogen-bond donors (Lipinski definition) is 1. The van der Waals surface area contributed by atoms with Crippen molar-refractivity contribution in [1.82, 2.24) is 5.32 Å². The molecule has 1 fully saturated rings. The van der Waals surface area contributed by atoms with E-state index in [1.807, 2.05) is 13.1 Å². The first kappa shape index (κ1) is 9.78. The normalized spacial score (nSPS) is 19.2. The minimum Gasteiger partial charge on any atom is -0.469 e. The van der Waals surface area contributed by atoms with Gasteiger partial charge in [-0.25, -0.2) is 0 Å². The lowest BCUT2D eigenvalue weighted by Gasteiger charge is -2.29. The van der Waals surface area contributed by atoms with E-state index >= 15 is 0 Å². The zero-order valence-electron chi connectivity index (χ0n) is 8.83. The molecule has 0 aromatic carbocycles. The van der Waals surface area contributed by atoms with Gasteiger partial charge in [0.15, 0.2) is 0 Å². The number of likely N-dealkylation sites (N-methyl/N-ethyl adjacent to an activating group) is 1. The maximum absolute atomic E-state index is 5.36. The zero-order chi connectivity index (χ0) is 9.80. The molecule has 0 aliphatic heterocycles. The van der Waals surface area contributed by atoms with Gasteiger partial charge in [0.25, 0.3) is 0 Å². The predicted octanol–water partition coefficient (Wildman–Crippen LogP) is 2.60. The van der Waals surface area contributed by atoms with Gasteiger partial charge >= 0.3 is 0 Å². The summed E-state index contributed by atoms with van der Waals surface area (Å²) in [4.78, 5) is 0. The highest BCUT2D eigenvalue weighted by molar-refractivity contribution is 5.00. The van der Waals surface area contributed by atoms with Crippen LogP contribution in [0.3, 0.4) is 0 Å². The van der Waals surface area contributed by atoms with Gasteiger partial charge in [-0.05, 0) is 31.5 Å². The molecule has 78 valence electrons. The average molecular weight is 193 g/mol. The third-order valence-corrected chi connectivity index (χ3v) is 3.28. The fourth-order valence-corrected chi connectivity index (χ4v) is 2.11. The summed E-state index contributed by atoms with van der Waals surface area (Å²) in [5, 5.41) is 3.38. The maximum Gasteiger partial charge on any atom is 0.105 e. The molecule has 1 aliphatic rings. The Morgan fingerprint density at radius 2 is 2.43 bits per heavy atom. The van der Waals surface area contributed by atoms with Crippen LogP contribution in [0.5, 0.6) is 0 Å². The largest absolute Gasteiger partial charge is 0.469 e. The molecule has 1 aliphatic carbocycles. The highest BCUT2D eigenvalue weighted by Crippen LogP contribution is 2.31. The Labute approximate surface area is 85.7 Å². The van der Waals surface area contributed by atoms with Crippen LogP contribution in [-0.4, -0.2) is 13.1 Å². The molecule has 2 heteroatoms. The summed E-state index contributed by atoms with van der Waals surface area (Å²) in [6.07, 6.45) is 8.37. The van der Waals surface area contributed by atoms with Crippen LogP contribution < -0.4 is 5.32 Å². The minimum absolute atomic E-state index is 0.589. The molecule has 1 aromatic heterocycles. The SMILES string of the molecule is CNC(Cc1ccco1)CC1CCC1. The summed E-state index contributed by atoms with van der Waals surface area (Å²) in [6.45, 7) is 0. The van der Waals surface area contributed by atoms with E-state index in [1.165, 1.54) is 25.7 Å². The molecule has 0 spiro atoms. The average Bonchev–Trinajstić information content (AvgIpc) is 2.61. The molecule has 0 amide bonds. The van der Waals surface area contributed by atoms with Crippen molar-refractivity contribution in [3.63, 3.8) is 0 Å². The van der Waals surface area contributed by atoms with E-state index in [1.54, 1.807) is 6.26 Å². The van der Waals surface area contributed by atoms with Gasteiger partial charge in [-0.15, -0.1) is 0 Å². The lowest BCUT2D eigenvalue weighted by molar-refractivity contribution is 0.259. The number of nitrogens with one attached hydrogen (secondary N) is 1.